The summed E-state index contributed by atoms with van der Waals surface area (Å²) in [5, 5.41) is 0.547. The molecule has 0 aliphatic heterocycles. The molecule has 0 bridgehead atoms. The van der Waals surface area contributed by atoms with Gasteiger partial charge in [-0.25, -0.2) is 4.98 Å². The molecule has 0 aliphatic carbocycles. The third-order valence-corrected chi connectivity index (χ3v) is 3.32. The van der Waals surface area contributed by atoms with Crippen molar-refractivity contribution in [3.8, 4) is 0 Å². The first-order valence-electron chi connectivity index (χ1n) is 6.12. The molecular weight excluding hydrogens is 297 g/mol. The van der Waals surface area contributed by atoms with Crippen LogP contribution in [0.25, 0.3) is 0 Å². The van der Waals surface area contributed by atoms with E-state index in [2.05, 4.69) is 9.97 Å². The Kier molecular flexibility index (Phi) is 4.93. The van der Waals surface area contributed by atoms with E-state index in [1.807, 2.05) is 19.1 Å². The molecular formula is C14H13Cl2N3O. The second kappa shape index (κ2) is 6.68. The molecule has 0 fully saturated rings. The Hall–Kier alpha value is -1.65. The van der Waals surface area contributed by atoms with Gasteiger partial charge in [0.1, 0.15) is 10.8 Å². The van der Waals surface area contributed by atoms with Gasteiger partial charge in [-0.1, -0.05) is 23.2 Å². The summed E-state index contributed by atoms with van der Waals surface area (Å²) < 4.78 is 0. The standard InChI is InChI=1S/C14H13Cl2N3O/c1-2-19(9-10-5-7-17-8-6-10)14(20)13-11(15)3-4-12(16)18-13/h3-8H,2,9H2,1H3. The minimum atomic E-state index is -0.239. The predicted octanol–water partition coefficient (Wildman–Crippen LogP) is 3.45. The summed E-state index contributed by atoms with van der Waals surface area (Å²) in [5.74, 6) is -0.239. The van der Waals surface area contributed by atoms with Crippen LogP contribution in [0.5, 0.6) is 0 Å². The fourth-order valence-electron chi connectivity index (χ4n) is 1.75. The van der Waals surface area contributed by atoms with Crippen LogP contribution < -0.4 is 0 Å². The van der Waals surface area contributed by atoms with E-state index < -0.39 is 0 Å². The van der Waals surface area contributed by atoms with Crippen molar-refractivity contribution >= 4 is 29.1 Å². The summed E-state index contributed by atoms with van der Waals surface area (Å²) in [6.07, 6.45) is 3.39. The van der Waals surface area contributed by atoms with Crippen LogP contribution in [-0.2, 0) is 6.54 Å². The molecule has 0 saturated carbocycles. The van der Waals surface area contributed by atoms with E-state index in [1.165, 1.54) is 0 Å². The van der Waals surface area contributed by atoms with Crippen molar-refractivity contribution < 1.29 is 4.79 Å². The number of rotatable bonds is 4. The lowest BCUT2D eigenvalue weighted by Gasteiger charge is -2.21. The first-order valence-corrected chi connectivity index (χ1v) is 6.87. The molecule has 0 spiro atoms. The Morgan fingerprint density at radius 3 is 2.55 bits per heavy atom. The summed E-state index contributed by atoms with van der Waals surface area (Å²) in [4.78, 5) is 22.1. The van der Waals surface area contributed by atoms with Gasteiger partial charge >= 0.3 is 0 Å². The van der Waals surface area contributed by atoms with Crippen LogP contribution >= 0.6 is 23.2 Å². The van der Waals surface area contributed by atoms with E-state index in [9.17, 15) is 4.79 Å². The van der Waals surface area contributed by atoms with Gasteiger partial charge in [-0.05, 0) is 36.8 Å². The molecule has 4 nitrogen and oxygen atoms in total. The largest absolute Gasteiger partial charge is 0.333 e. The van der Waals surface area contributed by atoms with Gasteiger partial charge in [-0.15, -0.1) is 0 Å². The minimum Gasteiger partial charge on any atom is -0.333 e. The predicted molar refractivity (Wildman–Crippen MR) is 78.9 cm³/mol. The Morgan fingerprint density at radius 1 is 1.20 bits per heavy atom. The van der Waals surface area contributed by atoms with Crippen LogP contribution in [0, 0.1) is 0 Å². The molecule has 0 saturated heterocycles. The highest BCUT2D eigenvalue weighted by atomic mass is 35.5. The van der Waals surface area contributed by atoms with E-state index in [0.717, 1.165) is 5.56 Å². The topological polar surface area (TPSA) is 46.1 Å². The molecule has 0 unspecified atom stereocenters. The number of pyridine rings is 2. The molecule has 0 radical (unpaired) electrons. The Bertz CT molecular complexity index is 605. The molecule has 2 aromatic heterocycles. The number of aromatic nitrogens is 2. The van der Waals surface area contributed by atoms with Crippen molar-refractivity contribution in [2.45, 2.75) is 13.5 Å². The van der Waals surface area contributed by atoms with Crippen molar-refractivity contribution in [3.05, 3.63) is 58.1 Å². The van der Waals surface area contributed by atoms with Crippen LogP contribution in [0.1, 0.15) is 23.0 Å². The van der Waals surface area contributed by atoms with Gasteiger partial charge in [0.05, 0.1) is 5.02 Å². The fraction of sp³-hybridized carbons (Fsp3) is 0.214. The van der Waals surface area contributed by atoms with Gasteiger partial charge in [-0.3, -0.25) is 9.78 Å². The van der Waals surface area contributed by atoms with Crippen molar-refractivity contribution in [2.75, 3.05) is 6.54 Å². The molecule has 0 atom stereocenters. The number of halogens is 2. The highest BCUT2D eigenvalue weighted by molar-refractivity contribution is 6.34. The normalized spacial score (nSPS) is 10.3. The monoisotopic (exact) mass is 309 g/mol. The van der Waals surface area contributed by atoms with E-state index in [4.69, 9.17) is 23.2 Å². The van der Waals surface area contributed by atoms with E-state index >= 15 is 0 Å². The summed E-state index contributed by atoms with van der Waals surface area (Å²) in [6, 6.07) is 6.86. The van der Waals surface area contributed by atoms with Gasteiger partial charge < -0.3 is 4.90 Å². The quantitative estimate of drug-likeness (QED) is 0.813. The highest BCUT2D eigenvalue weighted by Gasteiger charge is 2.19. The van der Waals surface area contributed by atoms with Crippen LogP contribution in [-0.4, -0.2) is 27.3 Å². The minimum absolute atomic E-state index is 0.176. The summed E-state index contributed by atoms with van der Waals surface area (Å²) in [7, 11) is 0. The van der Waals surface area contributed by atoms with E-state index in [1.54, 1.807) is 29.4 Å². The maximum Gasteiger partial charge on any atom is 0.274 e. The number of carbonyl (C=O) groups excluding carboxylic acids is 1. The van der Waals surface area contributed by atoms with Crippen molar-refractivity contribution in [1.82, 2.24) is 14.9 Å². The van der Waals surface area contributed by atoms with Crippen LogP contribution in [0.2, 0.25) is 10.2 Å². The molecule has 0 aliphatic rings. The lowest BCUT2D eigenvalue weighted by atomic mass is 10.2. The first-order chi connectivity index (χ1) is 9.61. The highest BCUT2D eigenvalue weighted by Crippen LogP contribution is 2.19. The van der Waals surface area contributed by atoms with E-state index in [-0.39, 0.29) is 16.8 Å². The maximum absolute atomic E-state index is 12.5. The molecule has 6 heteroatoms. The molecule has 2 heterocycles. The number of hydrogen-bond donors (Lipinski definition) is 0. The molecule has 2 rings (SSSR count). The molecule has 20 heavy (non-hydrogen) atoms. The van der Waals surface area contributed by atoms with Gasteiger partial charge in [0.15, 0.2) is 0 Å². The fourth-order valence-corrected chi connectivity index (χ4v) is 2.09. The van der Waals surface area contributed by atoms with Crippen molar-refractivity contribution in [3.63, 3.8) is 0 Å². The lowest BCUT2D eigenvalue weighted by Crippen LogP contribution is -2.31. The van der Waals surface area contributed by atoms with Crippen molar-refractivity contribution in [2.24, 2.45) is 0 Å². The number of carbonyl (C=O) groups is 1. The van der Waals surface area contributed by atoms with Gasteiger partial charge in [0.2, 0.25) is 0 Å². The number of amides is 1. The molecule has 104 valence electrons. The van der Waals surface area contributed by atoms with Gasteiger partial charge in [0.25, 0.3) is 5.91 Å². The summed E-state index contributed by atoms with van der Waals surface area (Å²) >= 11 is 11.8. The average Bonchev–Trinajstić information content (AvgIpc) is 2.47. The summed E-state index contributed by atoms with van der Waals surface area (Å²) in [5.41, 5.74) is 1.17. The first kappa shape index (κ1) is 14.8. The smallest absolute Gasteiger partial charge is 0.274 e. The van der Waals surface area contributed by atoms with Crippen LogP contribution in [0.4, 0.5) is 0 Å². The molecule has 0 N–H and O–H groups in total. The zero-order valence-corrected chi connectivity index (χ0v) is 12.4. The zero-order chi connectivity index (χ0) is 14.5. The van der Waals surface area contributed by atoms with Crippen molar-refractivity contribution in [1.29, 1.82) is 0 Å². The van der Waals surface area contributed by atoms with Gasteiger partial charge in [0, 0.05) is 25.5 Å². The lowest BCUT2D eigenvalue weighted by molar-refractivity contribution is 0.0747. The SMILES string of the molecule is CCN(Cc1ccncc1)C(=O)c1nc(Cl)ccc1Cl. The Labute approximate surface area is 127 Å². The van der Waals surface area contributed by atoms with Crippen LogP contribution in [0.15, 0.2) is 36.7 Å². The second-order valence-electron chi connectivity index (χ2n) is 4.14. The third-order valence-electron chi connectivity index (χ3n) is 2.81. The van der Waals surface area contributed by atoms with Crippen LogP contribution in [0.3, 0.4) is 0 Å². The second-order valence-corrected chi connectivity index (χ2v) is 4.93. The number of nitrogens with zero attached hydrogens (tertiary/aromatic N) is 3. The average molecular weight is 310 g/mol. The Balaban J connectivity index is 2.23. The molecule has 0 aromatic carbocycles. The maximum atomic E-state index is 12.5. The molecule has 2 aromatic rings. The molecule has 1 amide bonds. The Morgan fingerprint density at radius 2 is 1.90 bits per heavy atom. The van der Waals surface area contributed by atoms with E-state index in [0.29, 0.717) is 18.1 Å². The zero-order valence-electron chi connectivity index (χ0n) is 10.9. The number of hydrogen-bond acceptors (Lipinski definition) is 3. The van der Waals surface area contributed by atoms with Gasteiger partial charge in [-0.2, -0.15) is 0 Å². The summed E-state index contributed by atoms with van der Waals surface area (Å²) in [6.45, 7) is 2.92. The third kappa shape index (κ3) is 3.46.